The minimum Gasteiger partial charge on any atom is -0.465 e. The van der Waals surface area contributed by atoms with Gasteiger partial charge in [0, 0.05) is 25.7 Å². The highest BCUT2D eigenvalue weighted by Gasteiger charge is 2.27. The van der Waals surface area contributed by atoms with Gasteiger partial charge in [-0.15, -0.1) is 0 Å². The Morgan fingerprint density at radius 2 is 2.11 bits per heavy atom. The molecule has 0 bridgehead atoms. The van der Waals surface area contributed by atoms with Gasteiger partial charge in [0.25, 0.3) is 0 Å². The highest BCUT2D eigenvalue weighted by molar-refractivity contribution is 6.43. The Kier molecular flexibility index (Phi) is 3.88. The average molecular weight is 289 g/mol. The van der Waals surface area contributed by atoms with E-state index in [1.807, 2.05) is 19.1 Å². The van der Waals surface area contributed by atoms with Gasteiger partial charge in [0.05, 0.1) is 15.7 Å². The second-order valence-electron chi connectivity index (χ2n) is 4.34. The van der Waals surface area contributed by atoms with Crippen molar-refractivity contribution in [1.29, 1.82) is 0 Å². The number of carboxylic acid groups (broad SMARTS) is 1. The van der Waals surface area contributed by atoms with Crippen LogP contribution in [0.5, 0.6) is 0 Å². The van der Waals surface area contributed by atoms with Crippen molar-refractivity contribution in [2.75, 3.05) is 24.5 Å². The van der Waals surface area contributed by atoms with Crippen molar-refractivity contribution in [3.63, 3.8) is 0 Å². The zero-order valence-corrected chi connectivity index (χ0v) is 11.4. The number of amides is 1. The van der Waals surface area contributed by atoms with Crippen molar-refractivity contribution in [2.24, 2.45) is 0 Å². The van der Waals surface area contributed by atoms with E-state index < -0.39 is 6.09 Å². The highest BCUT2D eigenvalue weighted by atomic mass is 35.5. The second kappa shape index (κ2) is 5.24. The first-order chi connectivity index (χ1) is 8.50. The van der Waals surface area contributed by atoms with Crippen LogP contribution in [0, 0.1) is 0 Å². The van der Waals surface area contributed by atoms with Crippen LogP contribution in [0.25, 0.3) is 0 Å². The van der Waals surface area contributed by atoms with Gasteiger partial charge in [0.15, 0.2) is 0 Å². The number of rotatable bonds is 1. The summed E-state index contributed by atoms with van der Waals surface area (Å²) in [6, 6.07) is 5.57. The van der Waals surface area contributed by atoms with Crippen LogP contribution in [0.15, 0.2) is 18.2 Å². The minimum absolute atomic E-state index is 0.0748. The third-order valence-corrected chi connectivity index (χ3v) is 3.95. The Hall–Kier alpha value is -1.13. The molecule has 18 heavy (non-hydrogen) atoms. The molecule has 1 saturated heterocycles. The number of anilines is 1. The molecule has 1 N–H and O–H groups in total. The molecule has 1 fully saturated rings. The maximum atomic E-state index is 10.9. The summed E-state index contributed by atoms with van der Waals surface area (Å²) in [7, 11) is 0. The van der Waals surface area contributed by atoms with Crippen LogP contribution in [0.2, 0.25) is 10.0 Å². The maximum absolute atomic E-state index is 10.9. The predicted octanol–water partition coefficient (Wildman–Crippen LogP) is 3.18. The average Bonchev–Trinajstić information content (AvgIpc) is 2.33. The van der Waals surface area contributed by atoms with Crippen LogP contribution in [0.3, 0.4) is 0 Å². The minimum atomic E-state index is -0.876. The van der Waals surface area contributed by atoms with Gasteiger partial charge in [0.2, 0.25) is 0 Å². The molecule has 1 heterocycles. The molecule has 2 rings (SSSR count). The molecule has 0 radical (unpaired) electrons. The molecule has 1 aromatic rings. The quantitative estimate of drug-likeness (QED) is 0.863. The number of piperazine rings is 1. The lowest BCUT2D eigenvalue weighted by molar-refractivity contribution is 0.136. The van der Waals surface area contributed by atoms with Gasteiger partial charge >= 0.3 is 6.09 Å². The van der Waals surface area contributed by atoms with E-state index in [9.17, 15) is 4.79 Å². The van der Waals surface area contributed by atoms with Gasteiger partial charge in [-0.3, -0.25) is 0 Å². The van der Waals surface area contributed by atoms with Gasteiger partial charge in [-0.1, -0.05) is 29.3 Å². The molecule has 1 aliphatic rings. The van der Waals surface area contributed by atoms with E-state index in [1.165, 1.54) is 4.90 Å². The third-order valence-electron chi connectivity index (χ3n) is 3.14. The molecule has 1 aromatic carbocycles. The van der Waals surface area contributed by atoms with E-state index in [1.54, 1.807) is 6.07 Å². The number of halogens is 2. The monoisotopic (exact) mass is 288 g/mol. The molecule has 6 heteroatoms. The van der Waals surface area contributed by atoms with Crippen LogP contribution < -0.4 is 4.90 Å². The van der Waals surface area contributed by atoms with Crippen molar-refractivity contribution < 1.29 is 9.90 Å². The molecular formula is C12H14Cl2N2O2. The predicted molar refractivity (Wildman–Crippen MR) is 72.9 cm³/mol. The van der Waals surface area contributed by atoms with E-state index in [0.717, 1.165) is 5.69 Å². The number of hydrogen-bond donors (Lipinski definition) is 1. The topological polar surface area (TPSA) is 43.8 Å². The maximum Gasteiger partial charge on any atom is 0.407 e. The molecule has 98 valence electrons. The summed E-state index contributed by atoms with van der Waals surface area (Å²) in [6.45, 7) is 3.54. The number of hydrogen-bond acceptors (Lipinski definition) is 2. The molecule has 0 spiro atoms. The van der Waals surface area contributed by atoms with E-state index in [-0.39, 0.29) is 6.04 Å². The Morgan fingerprint density at radius 1 is 1.39 bits per heavy atom. The van der Waals surface area contributed by atoms with Crippen LogP contribution >= 0.6 is 23.2 Å². The van der Waals surface area contributed by atoms with Gasteiger partial charge in [0.1, 0.15) is 0 Å². The number of carbonyl (C=O) groups is 1. The first-order valence-electron chi connectivity index (χ1n) is 5.69. The summed E-state index contributed by atoms with van der Waals surface area (Å²) >= 11 is 12.2. The van der Waals surface area contributed by atoms with E-state index in [0.29, 0.717) is 29.7 Å². The Labute approximate surface area is 116 Å². The lowest BCUT2D eigenvalue weighted by Gasteiger charge is -2.40. The Balaban J connectivity index is 2.20. The zero-order chi connectivity index (χ0) is 13.3. The largest absolute Gasteiger partial charge is 0.465 e. The van der Waals surface area contributed by atoms with Gasteiger partial charge in [-0.25, -0.2) is 4.79 Å². The van der Waals surface area contributed by atoms with Crippen LogP contribution in [0.1, 0.15) is 6.92 Å². The summed E-state index contributed by atoms with van der Waals surface area (Å²) in [4.78, 5) is 14.4. The standard InChI is InChI=1S/C12H14Cl2N2O2/c1-8-7-15(12(17)18)5-6-16(8)10-4-2-3-9(13)11(10)14/h2-4,8H,5-7H2,1H3,(H,17,18). The van der Waals surface area contributed by atoms with Crippen molar-refractivity contribution >= 4 is 35.0 Å². The summed E-state index contributed by atoms with van der Waals surface area (Å²) in [5.41, 5.74) is 0.863. The highest BCUT2D eigenvalue weighted by Crippen LogP contribution is 2.34. The van der Waals surface area contributed by atoms with Crippen LogP contribution in [0.4, 0.5) is 10.5 Å². The summed E-state index contributed by atoms with van der Waals surface area (Å²) in [5, 5.41) is 10.0. The Morgan fingerprint density at radius 3 is 2.72 bits per heavy atom. The van der Waals surface area contributed by atoms with Crippen LogP contribution in [-0.2, 0) is 0 Å². The smallest absolute Gasteiger partial charge is 0.407 e. The lowest BCUT2D eigenvalue weighted by atomic mass is 10.1. The lowest BCUT2D eigenvalue weighted by Crippen LogP contribution is -2.53. The fourth-order valence-electron chi connectivity index (χ4n) is 2.20. The van der Waals surface area contributed by atoms with Gasteiger partial charge in [-0.05, 0) is 19.1 Å². The molecule has 1 unspecified atom stereocenters. The third kappa shape index (κ3) is 2.49. The molecular weight excluding hydrogens is 275 g/mol. The molecule has 4 nitrogen and oxygen atoms in total. The van der Waals surface area contributed by atoms with Crippen molar-refractivity contribution in [3.05, 3.63) is 28.2 Å². The fraction of sp³-hybridized carbons (Fsp3) is 0.417. The fourth-order valence-corrected chi connectivity index (χ4v) is 2.61. The van der Waals surface area contributed by atoms with Gasteiger partial charge in [-0.2, -0.15) is 0 Å². The zero-order valence-electron chi connectivity index (χ0n) is 9.94. The molecule has 0 aromatic heterocycles. The summed E-state index contributed by atoms with van der Waals surface area (Å²) in [6.07, 6.45) is -0.876. The summed E-state index contributed by atoms with van der Waals surface area (Å²) in [5.74, 6) is 0. The SMILES string of the molecule is CC1CN(C(=O)O)CCN1c1cccc(Cl)c1Cl. The number of benzene rings is 1. The molecule has 1 atom stereocenters. The molecule has 1 aliphatic heterocycles. The Bertz CT molecular complexity index is 467. The first kappa shape index (κ1) is 13.3. The number of nitrogens with zero attached hydrogens (tertiary/aromatic N) is 2. The molecule has 0 saturated carbocycles. The normalized spacial score (nSPS) is 20.1. The van der Waals surface area contributed by atoms with Gasteiger partial charge < -0.3 is 14.9 Å². The van der Waals surface area contributed by atoms with E-state index >= 15 is 0 Å². The molecule has 1 amide bonds. The van der Waals surface area contributed by atoms with E-state index in [2.05, 4.69) is 4.90 Å². The summed E-state index contributed by atoms with van der Waals surface area (Å²) < 4.78 is 0. The van der Waals surface area contributed by atoms with Crippen molar-refractivity contribution in [2.45, 2.75) is 13.0 Å². The van der Waals surface area contributed by atoms with E-state index in [4.69, 9.17) is 28.3 Å². The first-order valence-corrected chi connectivity index (χ1v) is 6.45. The van der Waals surface area contributed by atoms with Crippen LogP contribution in [-0.4, -0.2) is 41.8 Å². The second-order valence-corrected chi connectivity index (χ2v) is 5.13. The molecule has 0 aliphatic carbocycles. The van der Waals surface area contributed by atoms with Crippen molar-refractivity contribution in [3.8, 4) is 0 Å². The van der Waals surface area contributed by atoms with Crippen molar-refractivity contribution in [1.82, 2.24) is 4.90 Å².